The van der Waals surface area contributed by atoms with Gasteiger partial charge in [-0.2, -0.15) is 0 Å². The van der Waals surface area contributed by atoms with Gasteiger partial charge in [0.15, 0.2) is 0 Å². The molecular formula is C8H18N4O2. The standard InChI is InChI=1S/C8H18N4O2/c1-5(9)7(13)11-3-4-12-8(14)6(2)10/h5-6H,3-4,9-10H2,1-2H3,(H,11,13)(H,12,14)/t5-,6-/m0/s1. The number of nitrogens with two attached hydrogens (primary N) is 2. The first kappa shape index (κ1) is 12.9. The Bertz CT molecular complexity index is 182. The van der Waals surface area contributed by atoms with Crippen LogP contribution in [0.5, 0.6) is 0 Å². The summed E-state index contributed by atoms with van der Waals surface area (Å²) in [5.41, 5.74) is 10.6. The fourth-order valence-corrected chi connectivity index (χ4v) is 0.693. The third-order valence-electron chi connectivity index (χ3n) is 1.55. The number of hydrogen-bond donors (Lipinski definition) is 4. The number of hydrogen-bond acceptors (Lipinski definition) is 4. The van der Waals surface area contributed by atoms with Gasteiger partial charge in [0.2, 0.25) is 11.8 Å². The van der Waals surface area contributed by atoms with Crippen LogP contribution in [0.2, 0.25) is 0 Å². The minimum absolute atomic E-state index is 0.236. The highest BCUT2D eigenvalue weighted by Crippen LogP contribution is 1.75. The van der Waals surface area contributed by atoms with Crippen LogP contribution in [0.25, 0.3) is 0 Å². The molecule has 0 aliphatic heterocycles. The van der Waals surface area contributed by atoms with Gasteiger partial charge < -0.3 is 22.1 Å². The Morgan fingerprint density at radius 3 is 1.50 bits per heavy atom. The van der Waals surface area contributed by atoms with E-state index in [2.05, 4.69) is 10.6 Å². The Kier molecular flexibility index (Phi) is 5.82. The van der Waals surface area contributed by atoms with Gasteiger partial charge in [-0.3, -0.25) is 9.59 Å². The van der Waals surface area contributed by atoms with Crippen molar-refractivity contribution in [2.45, 2.75) is 25.9 Å². The lowest BCUT2D eigenvalue weighted by Crippen LogP contribution is -2.44. The molecule has 14 heavy (non-hydrogen) atoms. The Hall–Kier alpha value is -1.14. The monoisotopic (exact) mass is 202 g/mol. The van der Waals surface area contributed by atoms with Crippen LogP contribution in [0.4, 0.5) is 0 Å². The van der Waals surface area contributed by atoms with Crippen molar-refractivity contribution in [3.8, 4) is 0 Å². The summed E-state index contributed by atoms with van der Waals surface area (Å²) >= 11 is 0. The van der Waals surface area contributed by atoms with E-state index in [1.165, 1.54) is 0 Å². The van der Waals surface area contributed by atoms with Gasteiger partial charge >= 0.3 is 0 Å². The van der Waals surface area contributed by atoms with E-state index >= 15 is 0 Å². The van der Waals surface area contributed by atoms with E-state index in [0.29, 0.717) is 13.1 Å². The molecule has 0 bridgehead atoms. The van der Waals surface area contributed by atoms with Gasteiger partial charge in [0, 0.05) is 13.1 Å². The van der Waals surface area contributed by atoms with Crippen molar-refractivity contribution in [3.63, 3.8) is 0 Å². The van der Waals surface area contributed by atoms with Crippen LogP contribution >= 0.6 is 0 Å². The van der Waals surface area contributed by atoms with Crippen LogP contribution < -0.4 is 22.1 Å². The number of amides is 2. The second-order valence-electron chi connectivity index (χ2n) is 3.16. The molecule has 0 fully saturated rings. The molecule has 0 heterocycles. The van der Waals surface area contributed by atoms with E-state index in [4.69, 9.17) is 11.5 Å². The maximum atomic E-state index is 10.9. The highest BCUT2D eigenvalue weighted by molar-refractivity contribution is 5.82. The molecule has 0 rings (SSSR count). The van der Waals surface area contributed by atoms with Gasteiger partial charge in [-0.1, -0.05) is 0 Å². The molecule has 6 nitrogen and oxygen atoms in total. The molecular weight excluding hydrogens is 184 g/mol. The zero-order chi connectivity index (χ0) is 11.1. The average Bonchev–Trinajstić information content (AvgIpc) is 2.11. The van der Waals surface area contributed by atoms with E-state index in [1.54, 1.807) is 13.8 Å². The van der Waals surface area contributed by atoms with Gasteiger partial charge in [0.25, 0.3) is 0 Å². The van der Waals surface area contributed by atoms with Crippen molar-refractivity contribution >= 4 is 11.8 Å². The van der Waals surface area contributed by atoms with Crippen LogP contribution in [0.3, 0.4) is 0 Å². The Morgan fingerprint density at radius 2 is 1.29 bits per heavy atom. The van der Waals surface area contributed by atoms with Crippen LogP contribution in [0, 0.1) is 0 Å². The Labute approximate surface area is 83.4 Å². The predicted octanol–water partition coefficient (Wildman–Crippen LogP) is -2.09. The van der Waals surface area contributed by atoms with Gasteiger partial charge in [-0.25, -0.2) is 0 Å². The maximum Gasteiger partial charge on any atom is 0.236 e. The SMILES string of the molecule is C[C@H](N)C(=O)NCCNC(=O)[C@H](C)N. The molecule has 0 radical (unpaired) electrons. The predicted molar refractivity (Wildman–Crippen MR) is 53.3 cm³/mol. The molecule has 6 heteroatoms. The molecule has 2 atom stereocenters. The fourth-order valence-electron chi connectivity index (χ4n) is 0.693. The summed E-state index contributed by atoms with van der Waals surface area (Å²) in [5, 5.41) is 5.11. The van der Waals surface area contributed by atoms with Crippen LogP contribution in [-0.4, -0.2) is 37.0 Å². The van der Waals surface area contributed by atoms with Gasteiger partial charge in [-0.05, 0) is 13.8 Å². The molecule has 82 valence electrons. The fraction of sp³-hybridized carbons (Fsp3) is 0.750. The van der Waals surface area contributed by atoms with Crippen molar-refractivity contribution in [2.75, 3.05) is 13.1 Å². The summed E-state index contributed by atoms with van der Waals surface area (Å²) in [6.45, 7) is 3.91. The summed E-state index contributed by atoms with van der Waals surface area (Å²) in [5.74, 6) is -0.472. The Balaban J connectivity index is 3.48. The average molecular weight is 202 g/mol. The number of rotatable bonds is 5. The number of carbonyl (C=O) groups is 2. The molecule has 0 aliphatic rings. The van der Waals surface area contributed by atoms with Gasteiger partial charge in [-0.15, -0.1) is 0 Å². The van der Waals surface area contributed by atoms with Crippen molar-refractivity contribution in [1.82, 2.24) is 10.6 Å². The van der Waals surface area contributed by atoms with Gasteiger partial charge in [0.1, 0.15) is 0 Å². The second-order valence-corrected chi connectivity index (χ2v) is 3.16. The molecule has 0 spiro atoms. The lowest BCUT2D eigenvalue weighted by atomic mass is 10.3. The van der Waals surface area contributed by atoms with Gasteiger partial charge in [0.05, 0.1) is 12.1 Å². The Morgan fingerprint density at radius 1 is 1.00 bits per heavy atom. The first-order valence-corrected chi connectivity index (χ1v) is 4.51. The normalized spacial score (nSPS) is 14.3. The zero-order valence-electron chi connectivity index (χ0n) is 8.54. The van der Waals surface area contributed by atoms with E-state index in [9.17, 15) is 9.59 Å². The molecule has 0 aromatic heterocycles. The first-order valence-electron chi connectivity index (χ1n) is 4.51. The quantitative estimate of drug-likeness (QED) is 0.383. The number of nitrogens with one attached hydrogen (secondary N) is 2. The summed E-state index contributed by atoms with van der Waals surface area (Å²) in [7, 11) is 0. The van der Waals surface area contributed by atoms with Crippen molar-refractivity contribution in [3.05, 3.63) is 0 Å². The van der Waals surface area contributed by atoms with E-state index in [0.717, 1.165) is 0 Å². The van der Waals surface area contributed by atoms with Crippen LogP contribution in [0.1, 0.15) is 13.8 Å². The zero-order valence-corrected chi connectivity index (χ0v) is 8.54. The van der Waals surface area contributed by atoms with Crippen molar-refractivity contribution in [1.29, 1.82) is 0 Å². The van der Waals surface area contributed by atoms with E-state index in [-0.39, 0.29) is 11.8 Å². The van der Waals surface area contributed by atoms with Crippen LogP contribution in [0.15, 0.2) is 0 Å². The molecule has 0 aromatic carbocycles. The topological polar surface area (TPSA) is 110 Å². The lowest BCUT2D eigenvalue weighted by molar-refractivity contribution is -0.123. The molecule has 0 saturated carbocycles. The largest absolute Gasteiger partial charge is 0.353 e. The molecule has 0 aromatic rings. The van der Waals surface area contributed by atoms with E-state index < -0.39 is 12.1 Å². The highest BCUT2D eigenvalue weighted by atomic mass is 16.2. The highest BCUT2D eigenvalue weighted by Gasteiger charge is 2.07. The van der Waals surface area contributed by atoms with Crippen molar-refractivity contribution in [2.24, 2.45) is 11.5 Å². The molecule has 6 N–H and O–H groups in total. The smallest absolute Gasteiger partial charge is 0.236 e. The lowest BCUT2D eigenvalue weighted by Gasteiger charge is -2.09. The van der Waals surface area contributed by atoms with Crippen molar-refractivity contribution < 1.29 is 9.59 Å². The molecule has 0 aliphatic carbocycles. The summed E-state index contributed by atoms with van der Waals surface area (Å²) in [4.78, 5) is 21.9. The van der Waals surface area contributed by atoms with E-state index in [1.807, 2.05) is 0 Å². The minimum atomic E-state index is -0.529. The summed E-state index contributed by atoms with van der Waals surface area (Å²) in [6.07, 6.45) is 0. The van der Waals surface area contributed by atoms with Crippen LogP contribution in [-0.2, 0) is 9.59 Å². The summed E-state index contributed by atoms with van der Waals surface area (Å²) < 4.78 is 0. The maximum absolute atomic E-state index is 10.9. The second kappa shape index (κ2) is 6.33. The molecule has 0 saturated heterocycles. The first-order chi connectivity index (χ1) is 6.45. The number of carbonyl (C=O) groups excluding carboxylic acids is 2. The minimum Gasteiger partial charge on any atom is -0.353 e. The summed E-state index contributed by atoms with van der Waals surface area (Å²) in [6, 6.07) is -1.06. The third-order valence-corrected chi connectivity index (χ3v) is 1.55. The molecule has 2 amide bonds. The third kappa shape index (κ3) is 5.50. The molecule has 0 unspecified atom stereocenters.